The van der Waals surface area contributed by atoms with E-state index < -0.39 is 0 Å². The van der Waals surface area contributed by atoms with E-state index in [4.69, 9.17) is 9.26 Å². The molecule has 0 radical (unpaired) electrons. The number of aryl methyl sites for hydroxylation is 1. The molecule has 2 heterocycles. The second-order valence-electron chi connectivity index (χ2n) is 4.24. The molecule has 0 amide bonds. The molecule has 3 rings (SSSR count). The highest BCUT2D eigenvalue weighted by molar-refractivity contribution is 5.62. The van der Waals surface area contributed by atoms with Gasteiger partial charge in [0, 0.05) is 17.2 Å². The number of hydrogen-bond donors (Lipinski definition) is 1. The molecule has 1 aromatic heterocycles. The third kappa shape index (κ3) is 1.70. The van der Waals surface area contributed by atoms with Gasteiger partial charge in [0.1, 0.15) is 12.4 Å². The first-order chi connectivity index (χ1) is 8.28. The van der Waals surface area contributed by atoms with Gasteiger partial charge in [0.25, 0.3) is 0 Å². The Labute approximate surface area is 99.6 Å². The van der Waals surface area contributed by atoms with Gasteiger partial charge in [0.2, 0.25) is 0 Å². The molecule has 0 saturated carbocycles. The van der Waals surface area contributed by atoms with E-state index in [9.17, 15) is 0 Å². The lowest BCUT2D eigenvalue weighted by molar-refractivity contribution is 0.318. The minimum atomic E-state index is 0.288. The first kappa shape index (κ1) is 10.4. The van der Waals surface area contributed by atoms with Gasteiger partial charge in [-0.25, -0.2) is 0 Å². The van der Waals surface area contributed by atoms with Gasteiger partial charge < -0.3 is 14.6 Å². The maximum absolute atomic E-state index is 5.65. The Bertz CT molecular complexity index is 548. The molecule has 1 N–H and O–H groups in total. The monoisotopic (exact) mass is 230 g/mol. The molecule has 4 nitrogen and oxygen atoms in total. The van der Waals surface area contributed by atoms with Crippen molar-refractivity contribution < 1.29 is 9.26 Å². The average Bonchev–Trinajstić information content (AvgIpc) is 2.94. The predicted octanol–water partition coefficient (Wildman–Crippen LogP) is 2.30. The summed E-state index contributed by atoms with van der Waals surface area (Å²) in [5.74, 6) is 1.71. The molecule has 4 heteroatoms. The number of likely N-dealkylation sites (N-methyl/N-ethyl adjacent to an activating group) is 1. The van der Waals surface area contributed by atoms with Crippen LogP contribution in [0.25, 0.3) is 11.3 Å². The molecule has 0 aliphatic carbocycles. The second-order valence-corrected chi connectivity index (χ2v) is 4.24. The number of rotatable bonds is 2. The van der Waals surface area contributed by atoms with E-state index in [1.165, 1.54) is 5.56 Å². The van der Waals surface area contributed by atoms with Crippen LogP contribution >= 0.6 is 0 Å². The summed E-state index contributed by atoms with van der Waals surface area (Å²) in [5.41, 5.74) is 3.09. The maximum atomic E-state index is 5.65. The van der Waals surface area contributed by atoms with E-state index in [1.54, 1.807) is 0 Å². The number of benzene rings is 1. The molecule has 0 unspecified atom stereocenters. The Morgan fingerprint density at radius 3 is 2.94 bits per heavy atom. The molecular weight excluding hydrogens is 216 g/mol. The minimum Gasteiger partial charge on any atom is -0.491 e. The highest BCUT2D eigenvalue weighted by Crippen LogP contribution is 2.35. The topological polar surface area (TPSA) is 47.3 Å². The molecule has 1 aliphatic rings. The zero-order valence-electron chi connectivity index (χ0n) is 9.86. The maximum Gasteiger partial charge on any atom is 0.167 e. The number of nitrogens with zero attached hydrogens (tertiary/aromatic N) is 1. The fourth-order valence-corrected chi connectivity index (χ4v) is 2.10. The van der Waals surface area contributed by atoms with Gasteiger partial charge in [0.05, 0.1) is 11.7 Å². The normalized spacial score (nSPS) is 17.9. The SMILES string of the molecule is CN[C@@H]1COc2cc(-c3cc(C)no3)ccc21. The molecule has 1 atom stereocenters. The fourth-order valence-electron chi connectivity index (χ4n) is 2.10. The smallest absolute Gasteiger partial charge is 0.167 e. The number of aromatic nitrogens is 1. The third-order valence-electron chi connectivity index (χ3n) is 3.06. The quantitative estimate of drug-likeness (QED) is 0.860. The molecular formula is C13H14N2O2. The third-order valence-corrected chi connectivity index (χ3v) is 3.06. The zero-order valence-corrected chi connectivity index (χ0v) is 9.86. The summed E-state index contributed by atoms with van der Waals surface area (Å²) < 4.78 is 10.9. The Morgan fingerprint density at radius 1 is 1.35 bits per heavy atom. The van der Waals surface area contributed by atoms with Crippen molar-refractivity contribution >= 4 is 0 Å². The van der Waals surface area contributed by atoms with Crippen LogP contribution in [-0.2, 0) is 0 Å². The summed E-state index contributed by atoms with van der Waals surface area (Å²) in [6, 6.07) is 8.34. The van der Waals surface area contributed by atoms with Crippen LogP contribution in [0.5, 0.6) is 5.75 Å². The highest BCUT2D eigenvalue weighted by atomic mass is 16.5. The average molecular weight is 230 g/mol. The van der Waals surface area contributed by atoms with Crippen molar-refractivity contribution in [1.82, 2.24) is 10.5 Å². The predicted molar refractivity (Wildman–Crippen MR) is 64.0 cm³/mol. The van der Waals surface area contributed by atoms with E-state index in [0.29, 0.717) is 6.61 Å². The Morgan fingerprint density at radius 2 is 2.24 bits per heavy atom. The number of ether oxygens (including phenoxy) is 1. The van der Waals surface area contributed by atoms with E-state index >= 15 is 0 Å². The van der Waals surface area contributed by atoms with Crippen molar-refractivity contribution in [3.63, 3.8) is 0 Å². The van der Waals surface area contributed by atoms with Crippen LogP contribution < -0.4 is 10.1 Å². The highest BCUT2D eigenvalue weighted by Gasteiger charge is 2.23. The van der Waals surface area contributed by atoms with Crippen LogP contribution in [0, 0.1) is 6.92 Å². The molecule has 17 heavy (non-hydrogen) atoms. The lowest BCUT2D eigenvalue weighted by Gasteiger charge is -2.06. The van der Waals surface area contributed by atoms with E-state index in [2.05, 4.69) is 16.5 Å². The van der Waals surface area contributed by atoms with Crippen LogP contribution in [-0.4, -0.2) is 18.8 Å². The van der Waals surface area contributed by atoms with Gasteiger partial charge in [-0.1, -0.05) is 17.3 Å². The second kappa shape index (κ2) is 3.89. The minimum absolute atomic E-state index is 0.288. The molecule has 0 spiro atoms. The fraction of sp³-hybridized carbons (Fsp3) is 0.308. The molecule has 0 fully saturated rings. The van der Waals surface area contributed by atoms with Gasteiger partial charge >= 0.3 is 0 Å². The summed E-state index contributed by atoms with van der Waals surface area (Å²) >= 11 is 0. The Kier molecular flexibility index (Phi) is 2.37. The van der Waals surface area contributed by atoms with Crippen molar-refractivity contribution in [3.8, 4) is 17.1 Å². The van der Waals surface area contributed by atoms with Crippen LogP contribution in [0.4, 0.5) is 0 Å². The van der Waals surface area contributed by atoms with Crippen LogP contribution in [0.1, 0.15) is 17.3 Å². The first-order valence-corrected chi connectivity index (χ1v) is 5.65. The number of fused-ring (bicyclic) bond motifs is 1. The van der Waals surface area contributed by atoms with E-state index in [0.717, 1.165) is 22.8 Å². The van der Waals surface area contributed by atoms with Crippen molar-refractivity contribution in [3.05, 3.63) is 35.5 Å². The van der Waals surface area contributed by atoms with Crippen molar-refractivity contribution in [2.24, 2.45) is 0 Å². The number of hydrogen-bond acceptors (Lipinski definition) is 4. The Hall–Kier alpha value is -1.81. The standard InChI is InChI=1S/C13H14N2O2/c1-8-5-12(17-15-8)9-3-4-10-11(14-2)7-16-13(10)6-9/h3-6,11,14H,7H2,1-2H3/t11-/m1/s1. The lowest BCUT2D eigenvalue weighted by atomic mass is 10.0. The zero-order chi connectivity index (χ0) is 11.8. The van der Waals surface area contributed by atoms with Gasteiger partial charge in [0.15, 0.2) is 5.76 Å². The summed E-state index contributed by atoms with van der Waals surface area (Å²) in [6.45, 7) is 2.60. The van der Waals surface area contributed by atoms with Gasteiger partial charge in [-0.15, -0.1) is 0 Å². The summed E-state index contributed by atoms with van der Waals surface area (Å²) in [4.78, 5) is 0. The van der Waals surface area contributed by atoms with Crippen LogP contribution in [0.3, 0.4) is 0 Å². The van der Waals surface area contributed by atoms with Crippen molar-refractivity contribution in [2.75, 3.05) is 13.7 Å². The summed E-state index contributed by atoms with van der Waals surface area (Å²) in [6.07, 6.45) is 0. The molecule has 1 aliphatic heterocycles. The molecule has 2 aromatic rings. The van der Waals surface area contributed by atoms with E-state index in [1.807, 2.05) is 32.2 Å². The lowest BCUT2D eigenvalue weighted by Crippen LogP contribution is -2.16. The Balaban J connectivity index is 2.00. The molecule has 88 valence electrons. The largest absolute Gasteiger partial charge is 0.491 e. The van der Waals surface area contributed by atoms with Gasteiger partial charge in [-0.3, -0.25) is 0 Å². The van der Waals surface area contributed by atoms with Crippen LogP contribution in [0.2, 0.25) is 0 Å². The molecule has 1 aromatic carbocycles. The first-order valence-electron chi connectivity index (χ1n) is 5.65. The number of nitrogens with one attached hydrogen (secondary N) is 1. The van der Waals surface area contributed by atoms with Crippen molar-refractivity contribution in [1.29, 1.82) is 0 Å². The summed E-state index contributed by atoms with van der Waals surface area (Å²) in [7, 11) is 1.94. The molecule has 0 bridgehead atoms. The van der Waals surface area contributed by atoms with Crippen LogP contribution in [0.15, 0.2) is 28.8 Å². The molecule has 0 saturated heterocycles. The van der Waals surface area contributed by atoms with Gasteiger partial charge in [-0.2, -0.15) is 0 Å². The van der Waals surface area contributed by atoms with Gasteiger partial charge in [-0.05, 0) is 20.0 Å². The van der Waals surface area contributed by atoms with Crippen molar-refractivity contribution in [2.45, 2.75) is 13.0 Å². The summed E-state index contributed by atoms with van der Waals surface area (Å²) in [5, 5.41) is 7.11. The van der Waals surface area contributed by atoms with E-state index in [-0.39, 0.29) is 6.04 Å².